The summed E-state index contributed by atoms with van der Waals surface area (Å²) in [5.74, 6) is -0.383. The van der Waals surface area contributed by atoms with E-state index in [4.69, 9.17) is 28.6 Å². The van der Waals surface area contributed by atoms with E-state index in [9.17, 15) is 4.79 Å². The van der Waals surface area contributed by atoms with Crippen LogP contribution in [-0.4, -0.2) is 27.5 Å². The Kier molecular flexibility index (Phi) is 7.62. The zero-order chi connectivity index (χ0) is 24.1. The van der Waals surface area contributed by atoms with E-state index >= 15 is 0 Å². The number of aromatic nitrogens is 2. The van der Waals surface area contributed by atoms with Crippen LogP contribution in [0.3, 0.4) is 0 Å². The first-order chi connectivity index (χ1) is 16.4. The van der Waals surface area contributed by atoms with Crippen LogP contribution in [0.2, 0.25) is 5.02 Å². The number of aryl methyl sites for hydroxylation is 1. The normalized spacial score (nSPS) is 10.7. The van der Waals surface area contributed by atoms with Crippen molar-refractivity contribution >= 4 is 56.9 Å². The number of nitrogens with zero attached hydrogens (tertiary/aromatic N) is 2. The van der Waals surface area contributed by atoms with Crippen LogP contribution in [0.1, 0.15) is 27.7 Å². The van der Waals surface area contributed by atoms with E-state index in [1.165, 1.54) is 11.3 Å². The van der Waals surface area contributed by atoms with E-state index in [0.717, 1.165) is 27.3 Å². The molecule has 0 aliphatic heterocycles. The van der Waals surface area contributed by atoms with Crippen molar-refractivity contribution < 1.29 is 9.53 Å². The van der Waals surface area contributed by atoms with Gasteiger partial charge >= 0.3 is 5.97 Å². The highest BCUT2D eigenvalue weighted by Crippen LogP contribution is 2.40. The number of carbonyl (C=O) groups excluding carboxylic acids is 1. The van der Waals surface area contributed by atoms with Gasteiger partial charge in [0, 0.05) is 21.7 Å². The molecular weight excluding hydrogens is 488 g/mol. The van der Waals surface area contributed by atoms with Gasteiger partial charge < -0.3 is 15.4 Å². The van der Waals surface area contributed by atoms with Gasteiger partial charge in [0.25, 0.3) is 0 Å². The van der Waals surface area contributed by atoms with Crippen LogP contribution in [-0.2, 0) is 11.3 Å². The zero-order valence-electron chi connectivity index (χ0n) is 18.7. The first kappa shape index (κ1) is 23.9. The highest BCUT2D eigenvalue weighted by Gasteiger charge is 2.25. The number of thiocarbonyl (C=S) groups is 1. The number of rotatable bonds is 7. The molecule has 4 rings (SSSR count). The summed E-state index contributed by atoms with van der Waals surface area (Å²) in [6, 6.07) is 17.4. The summed E-state index contributed by atoms with van der Waals surface area (Å²) in [5, 5.41) is 12.4. The summed E-state index contributed by atoms with van der Waals surface area (Å²) in [6.07, 6.45) is 3.56. The molecule has 0 fully saturated rings. The molecule has 0 aliphatic rings. The van der Waals surface area contributed by atoms with Gasteiger partial charge in [-0.05, 0) is 49.3 Å². The number of esters is 1. The molecule has 2 N–H and O–H groups in total. The van der Waals surface area contributed by atoms with E-state index in [1.54, 1.807) is 17.8 Å². The molecule has 9 heteroatoms. The van der Waals surface area contributed by atoms with Gasteiger partial charge in [0.05, 0.1) is 25.0 Å². The predicted octanol–water partition coefficient (Wildman–Crippen LogP) is 6.61. The maximum atomic E-state index is 12.9. The largest absolute Gasteiger partial charge is 0.462 e. The minimum Gasteiger partial charge on any atom is -0.462 e. The minimum atomic E-state index is -0.383. The Morgan fingerprint density at radius 1 is 1.15 bits per heavy atom. The van der Waals surface area contributed by atoms with Gasteiger partial charge in [0.2, 0.25) is 0 Å². The van der Waals surface area contributed by atoms with Crippen LogP contribution in [0.25, 0.3) is 11.1 Å². The second-order valence-corrected chi connectivity index (χ2v) is 9.53. The first-order valence-corrected chi connectivity index (χ1v) is 12.3. The molecule has 4 aromatic rings. The number of carbonyl (C=O) groups is 1. The van der Waals surface area contributed by atoms with Gasteiger partial charge in [-0.3, -0.25) is 4.68 Å². The molecule has 2 aromatic carbocycles. The second kappa shape index (κ2) is 10.8. The number of anilines is 2. The fraction of sp³-hybridized carbons (Fsp3) is 0.160. The summed E-state index contributed by atoms with van der Waals surface area (Å²) in [4.78, 5) is 13.9. The highest BCUT2D eigenvalue weighted by atomic mass is 35.5. The van der Waals surface area contributed by atoms with Crippen molar-refractivity contribution in [3.05, 3.63) is 88.0 Å². The molecule has 6 nitrogen and oxygen atoms in total. The Morgan fingerprint density at radius 2 is 1.88 bits per heavy atom. The van der Waals surface area contributed by atoms with Crippen LogP contribution >= 0.6 is 35.2 Å². The minimum absolute atomic E-state index is 0.289. The van der Waals surface area contributed by atoms with Gasteiger partial charge in [-0.1, -0.05) is 54.1 Å². The average molecular weight is 511 g/mol. The van der Waals surface area contributed by atoms with Gasteiger partial charge in [0.1, 0.15) is 10.6 Å². The van der Waals surface area contributed by atoms with Crippen LogP contribution in [0, 0.1) is 6.92 Å². The van der Waals surface area contributed by atoms with Crippen LogP contribution in [0.4, 0.5) is 10.7 Å². The average Bonchev–Trinajstić information content (AvgIpc) is 3.39. The molecule has 0 radical (unpaired) electrons. The molecule has 2 heterocycles. The van der Waals surface area contributed by atoms with Crippen LogP contribution in [0.15, 0.2) is 67.0 Å². The molecule has 34 heavy (non-hydrogen) atoms. The lowest BCUT2D eigenvalue weighted by Crippen LogP contribution is -2.20. The number of benzene rings is 2. The Morgan fingerprint density at radius 3 is 2.59 bits per heavy atom. The number of hydrogen-bond donors (Lipinski definition) is 2. The third-order valence-corrected chi connectivity index (χ3v) is 6.48. The Balaban J connectivity index is 1.51. The smallest absolute Gasteiger partial charge is 0.341 e. The highest BCUT2D eigenvalue weighted by molar-refractivity contribution is 7.80. The number of halogens is 1. The monoisotopic (exact) mass is 510 g/mol. The summed E-state index contributed by atoms with van der Waals surface area (Å²) in [6.45, 7) is 4.67. The molecule has 0 saturated carbocycles. The zero-order valence-corrected chi connectivity index (χ0v) is 21.1. The second-order valence-electron chi connectivity index (χ2n) is 7.46. The topological polar surface area (TPSA) is 68.2 Å². The molecule has 174 valence electrons. The summed E-state index contributed by atoms with van der Waals surface area (Å²) in [7, 11) is 0. The maximum Gasteiger partial charge on any atom is 0.341 e. The Hall–Kier alpha value is -3.20. The lowest BCUT2D eigenvalue weighted by molar-refractivity contribution is 0.0529. The van der Waals surface area contributed by atoms with Crippen LogP contribution in [0.5, 0.6) is 0 Å². The van der Waals surface area contributed by atoms with Crippen molar-refractivity contribution in [1.29, 1.82) is 0 Å². The third kappa shape index (κ3) is 5.64. The molecule has 0 bridgehead atoms. The van der Waals surface area contributed by atoms with Crippen molar-refractivity contribution in [2.45, 2.75) is 20.4 Å². The molecular formula is C25H23ClN4O2S2. The van der Waals surface area contributed by atoms with Gasteiger partial charge in [-0.25, -0.2) is 4.79 Å². The summed E-state index contributed by atoms with van der Waals surface area (Å²) in [5.41, 5.74) is 4.11. The lowest BCUT2D eigenvalue weighted by atomic mass is 10.0. The van der Waals surface area contributed by atoms with Crippen molar-refractivity contribution in [1.82, 2.24) is 9.78 Å². The maximum absolute atomic E-state index is 12.9. The fourth-order valence-electron chi connectivity index (χ4n) is 3.54. The molecule has 0 spiro atoms. The standard InChI is InChI=1S/C25H23ClN4O2S2/c1-3-32-24(31)22-21(18-7-5-4-6-8-18)16(2)34-23(22)29-25(33)28-20-13-27-30(15-20)14-17-9-11-19(26)12-10-17/h4-13,15H,3,14H2,1-2H3,(H2,28,29,33). The fourth-order valence-corrected chi connectivity index (χ4v) is 5.02. The van der Waals surface area contributed by atoms with Crippen molar-refractivity contribution in [2.24, 2.45) is 0 Å². The molecule has 0 saturated heterocycles. The van der Waals surface area contributed by atoms with E-state index in [1.807, 2.05) is 67.7 Å². The summed E-state index contributed by atoms with van der Waals surface area (Å²) < 4.78 is 7.16. The van der Waals surface area contributed by atoms with Crippen molar-refractivity contribution in [2.75, 3.05) is 17.2 Å². The van der Waals surface area contributed by atoms with Gasteiger partial charge in [0.15, 0.2) is 5.11 Å². The number of ether oxygens (including phenoxy) is 1. The number of hydrogen-bond acceptors (Lipinski definition) is 5. The van der Waals surface area contributed by atoms with E-state index in [0.29, 0.717) is 27.2 Å². The van der Waals surface area contributed by atoms with Gasteiger partial charge in [-0.2, -0.15) is 5.10 Å². The predicted molar refractivity (Wildman–Crippen MR) is 143 cm³/mol. The van der Waals surface area contributed by atoms with E-state index in [2.05, 4.69) is 15.7 Å². The quantitative estimate of drug-likeness (QED) is 0.215. The van der Waals surface area contributed by atoms with E-state index < -0.39 is 0 Å². The third-order valence-electron chi connectivity index (χ3n) is 5.00. The van der Waals surface area contributed by atoms with Gasteiger partial charge in [-0.15, -0.1) is 11.3 Å². The Labute approximate surface area is 212 Å². The van der Waals surface area contributed by atoms with Crippen LogP contribution < -0.4 is 10.6 Å². The SMILES string of the molecule is CCOC(=O)c1c(NC(=S)Nc2cnn(Cc3ccc(Cl)cc3)c2)sc(C)c1-c1ccccc1. The van der Waals surface area contributed by atoms with E-state index in [-0.39, 0.29) is 12.6 Å². The first-order valence-electron chi connectivity index (χ1n) is 10.7. The molecule has 2 aromatic heterocycles. The Bertz CT molecular complexity index is 1300. The molecule has 0 aliphatic carbocycles. The molecule has 0 amide bonds. The molecule has 0 unspecified atom stereocenters. The van der Waals surface area contributed by atoms with Crippen molar-refractivity contribution in [3.63, 3.8) is 0 Å². The number of nitrogens with one attached hydrogen (secondary N) is 2. The lowest BCUT2D eigenvalue weighted by Gasteiger charge is -2.11. The van der Waals surface area contributed by atoms with Crippen molar-refractivity contribution in [3.8, 4) is 11.1 Å². The summed E-state index contributed by atoms with van der Waals surface area (Å²) >= 11 is 13.0. The molecule has 0 atom stereocenters. The number of thiophene rings is 1.